The number of carbonyl (C=O) groups excluding carboxylic acids is 2. The van der Waals surface area contributed by atoms with Crippen LogP contribution in [0.5, 0.6) is 0 Å². The molecule has 1 aromatic carbocycles. The van der Waals surface area contributed by atoms with Crippen LogP contribution in [0.1, 0.15) is 33.3 Å². The fraction of sp³-hybridized carbons (Fsp3) is 0.429. The highest BCUT2D eigenvalue weighted by Gasteiger charge is 2.34. The summed E-state index contributed by atoms with van der Waals surface area (Å²) in [4.78, 5) is 23.3. The molecular formula is C14H17Cl2NO3. The summed E-state index contributed by atoms with van der Waals surface area (Å²) in [5.41, 5.74) is -1.69. The molecule has 0 radical (unpaired) electrons. The third kappa shape index (κ3) is 4.12. The Balaban J connectivity index is 3.10. The van der Waals surface area contributed by atoms with E-state index in [4.69, 9.17) is 27.9 Å². The van der Waals surface area contributed by atoms with Crippen LogP contribution in [-0.2, 0) is 15.1 Å². The third-order valence-corrected chi connectivity index (χ3v) is 3.11. The van der Waals surface area contributed by atoms with Crippen LogP contribution in [0.4, 0.5) is 4.79 Å². The lowest BCUT2D eigenvalue weighted by Gasteiger charge is -2.29. The molecule has 0 aliphatic heterocycles. The smallest absolute Gasteiger partial charge is 0.408 e. The molecule has 0 aliphatic carbocycles. The van der Waals surface area contributed by atoms with Crippen LogP contribution in [0, 0.1) is 0 Å². The van der Waals surface area contributed by atoms with Gasteiger partial charge in [-0.05, 0) is 39.8 Å². The molecule has 20 heavy (non-hydrogen) atoms. The molecule has 1 unspecified atom stereocenters. The Morgan fingerprint density at radius 3 is 2.10 bits per heavy atom. The molecule has 1 amide bonds. The molecule has 1 N–H and O–H groups in total. The highest BCUT2D eigenvalue weighted by Crippen LogP contribution is 2.33. The number of halogens is 2. The van der Waals surface area contributed by atoms with E-state index in [1.54, 1.807) is 39.0 Å². The van der Waals surface area contributed by atoms with Crippen molar-refractivity contribution in [2.24, 2.45) is 0 Å². The topological polar surface area (TPSA) is 55.4 Å². The maximum absolute atomic E-state index is 11.9. The molecule has 0 saturated carbocycles. The lowest BCUT2D eigenvalue weighted by Crippen LogP contribution is -2.47. The molecule has 4 nitrogen and oxygen atoms in total. The largest absolute Gasteiger partial charge is 0.444 e. The third-order valence-electron chi connectivity index (χ3n) is 2.48. The summed E-state index contributed by atoms with van der Waals surface area (Å²) < 4.78 is 5.14. The fourth-order valence-electron chi connectivity index (χ4n) is 1.66. The maximum Gasteiger partial charge on any atom is 0.408 e. The van der Waals surface area contributed by atoms with Crippen molar-refractivity contribution in [3.8, 4) is 0 Å². The molecule has 0 saturated heterocycles. The fourth-order valence-corrected chi connectivity index (χ4v) is 2.45. The number of hydrogen-bond donors (Lipinski definition) is 1. The second-order valence-electron chi connectivity index (χ2n) is 5.54. The molecule has 110 valence electrons. The highest BCUT2D eigenvalue weighted by atomic mass is 35.5. The second kappa shape index (κ2) is 6.02. The van der Waals surface area contributed by atoms with E-state index in [0.717, 1.165) is 0 Å². The predicted molar refractivity (Wildman–Crippen MR) is 79.2 cm³/mol. The summed E-state index contributed by atoms with van der Waals surface area (Å²) >= 11 is 12.1. The maximum atomic E-state index is 11.9. The minimum atomic E-state index is -1.36. The first kappa shape index (κ1) is 16.8. The summed E-state index contributed by atoms with van der Waals surface area (Å²) in [6, 6.07) is 4.86. The van der Waals surface area contributed by atoms with Crippen molar-refractivity contribution in [2.75, 3.05) is 0 Å². The lowest BCUT2D eigenvalue weighted by molar-refractivity contribution is -0.113. The Bertz CT molecular complexity index is 505. The van der Waals surface area contributed by atoms with E-state index in [2.05, 4.69) is 5.32 Å². The average Bonchev–Trinajstić information content (AvgIpc) is 2.25. The van der Waals surface area contributed by atoms with Crippen molar-refractivity contribution in [1.82, 2.24) is 5.32 Å². The first-order chi connectivity index (χ1) is 9.09. The molecule has 1 aromatic rings. The van der Waals surface area contributed by atoms with Gasteiger partial charge in [-0.1, -0.05) is 29.3 Å². The van der Waals surface area contributed by atoms with Crippen LogP contribution in [0.15, 0.2) is 18.2 Å². The minimum Gasteiger partial charge on any atom is -0.444 e. The van der Waals surface area contributed by atoms with Crippen LogP contribution in [0.3, 0.4) is 0 Å². The number of rotatable bonds is 3. The van der Waals surface area contributed by atoms with Gasteiger partial charge in [-0.3, -0.25) is 0 Å². The van der Waals surface area contributed by atoms with Crippen molar-refractivity contribution < 1.29 is 14.3 Å². The van der Waals surface area contributed by atoms with Crippen molar-refractivity contribution in [3.63, 3.8) is 0 Å². The summed E-state index contributed by atoms with van der Waals surface area (Å²) in [6.45, 7) is 6.70. The Labute approximate surface area is 128 Å². The van der Waals surface area contributed by atoms with Crippen LogP contribution in [-0.4, -0.2) is 18.0 Å². The number of ether oxygens (including phenoxy) is 1. The van der Waals surface area contributed by atoms with E-state index in [9.17, 15) is 9.59 Å². The highest BCUT2D eigenvalue weighted by molar-refractivity contribution is 6.36. The molecule has 6 heteroatoms. The molecule has 0 fully saturated rings. The van der Waals surface area contributed by atoms with Gasteiger partial charge in [0.1, 0.15) is 17.4 Å². The van der Waals surface area contributed by atoms with Gasteiger partial charge in [0.2, 0.25) is 0 Å². The van der Waals surface area contributed by atoms with Gasteiger partial charge in [-0.15, -0.1) is 0 Å². The predicted octanol–water partition coefficient (Wildman–Crippen LogP) is 3.93. The van der Waals surface area contributed by atoms with E-state index in [-0.39, 0.29) is 0 Å². The van der Waals surface area contributed by atoms with Gasteiger partial charge < -0.3 is 14.8 Å². The normalized spacial score (nSPS) is 14.3. The van der Waals surface area contributed by atoms with Gasteiger partial charge >= 0.3 is 6.09 Å². The van der Waals surface area contributed by atoms with Crippen molar-refractivity contribution in [3.05, 3.63) is 33.8 Å². The van der Waals surface area contributed by atoms with Gasteiger partial charge in [0.25, 0.3) is 0 Å². The molecule has 1 atom stereocenters. The zero-order valence-electron chi connectivity index (χ0n) is 11.8. The van der Waals surface area contributed by atoms with Crippen molar-refractivity contribution in [2.45, 2.75) is 38.8 Å². The van der Waals surface area contributed by atoms with E-state index in [1.807, 2.05) is 0 Å². The van der Waals surface area contributed by atoms with E-state index >= 15 is 0 Å². The quantitative estimate of drug-likeness (QED) is 0.859. The first-order valence-electron chi connectivity index (χ1n) is 6.01. The molecular weight excluding hydrogens is 301 g/mol. The second-order valence-corrected chi connectivity index (χ2v) is 6.36. The monoisotopic (exact) mass is 317 g/mol. The molecule has 1 rings (SSSR count). The van der Waals surface area contributed by atoms with Crippen molar-refractivity contribution >= 4 is 35.6 Å². The summed E-state index contributed by atoms with van der Waals surface area (Å²) in [6.07, 6.45) is -0.146. The van der Waals surface area contributed by atoms with Gasteiger partial charge in [-0.2, -0.15) is 0 Å². The minimum absolute atomic E-state index is 0.295. The van der Waals surface area contributed by atoms with Gasteiger partial charge in [0.05, 0.1) is 0 Å². The van der Waals surface area contributed by atoms with Gasteiger partial charge in [0, 0.05) is 15.6 Å². The number of benzene rings is 1. The van der Waals surface area contributed by atoms with Gasteiger partial charge in [0.15, 0.2) is 0 Å². The Morgan fingerprint density at radius 2 is 1.70 bits per heavy atom. The standard InChI is InChI=1S/C14H17Cl2NO3/c1-13(2,3)20-12(19)17-14(4,8-18)11-9(15)6-5-7-10(11)16/h5-8H,1-4H3,(H,17,19). The number of amides is 1. The van der Waals surface area contributed by atoms with E-state index in [1.165, 1.54) is 6.92 Å². The van der Waals surface area contributed by atoms with Crippen LogP contribution >= 0.6 is 23.2 Å². The summed E-state index contributed by atoms with van der Waals surface area (Å²) in [5, 5.41) is 3.09. The first-order valence-corrected chi connectivity index (χ1v) is 6.76. The molecule has 0 aliphatic rings. The molecule has 0 bridgehead atoms. The summed E-state index contributed by atoms with van der Waals surface area (Å²) in [7, 11) is 0. The Kier molecular flexibility index (Phi) is 5.05. The number of hydrogen-bond acceptors (Lipinski definition) is 3. The summed E-state index contributed by atoms with van der Waals surface area (Å²) in [5.74, 6) is 0. The SMILES string of the molecule is CC(C)(C)OC(=O)NC(C)(C=O)c1c(Cl)cccc1Cl. The number of nitrogens with one attached hydrogen (secondary N) is 1. The zero-order chi connectivity index (χ0) is 15.6. The number of alkyl carbamates (subject to hydrolysis) is 1. The van der Waals surface area contributed by atoms with E-state index < -0.39 is 17.2 Å². The molecule has 0 aromatic heterocycles. The average molecular weight is 318 g/mol. The van der Waals surface area contributed by atoms with Crippen LogP contribution < -0.4 is 5.32 Å². The van der Waals surface area contributed by atoms with Crippen molar-refractivity contribution in [1.29, 1.82) is 0 Å². The molecule has 0 spiro atoms. The Morgan fingerprint density at radius 1 is 1.20 bits per heavy atom. The lowest BCUT2D eigenvalue weighted by atomic mass is 9.93. The zero-order valence-corrected chi connectivity index (χ0v) is 13.3. The van der Waals surface area contributed by atoms with Gasteiger partial charge in [-0.25, -0.2) is 4.79 Å². The molecule has 0 heterocycles. The number of carbonyl (C=O) groups is 2. The van der Waals surface area contributed by atoms with Crippen LogP contribution in [0.25, 0.3) is 0 Å². The Hall–Kier alpha value is -1.26. The number of aldehydes is 1. The van der Waals surface area contributed by atoms with E-state index in [0.29, 0.717) is 21.9 Å². The van der Waals surface area contributed by atoms with Crippen LogP contribution in [0.2, 0.25) is 10.0 Å².